The van der Waals surface area contributed by atoms with Gasteiger partial charge in [-0.2, -0.15) is 0 Å². The third kappa shape index (κ3) is 4.25. The fourth-order valence-electron chi connectivity index (χ4n) is 3.44. The van der Waals surface area contributed by atoms with E-state index < -0.39 is 11.6 Å². The van der Waals surface area contributed by atoms with E-state index in [2.05, 4.69) is 15.5 Å². The SMILES string of the molecule is COc1ccccc1NC(=O)N1CCC(c2nnc(-c3ccc(F)cc3F)s2)CC1. The van der Waals surface area contributed by atoms with E-state index in [1.165, 1.54) is 23.5 Å². The first-order valence-corrected chi connectivity index (χ1v) is 10.3. The molecule has 2 heterocycles. The van der Waals surface area contributed by atoms with Crippen molar-refractivity contribution in [1.29, 1.82) is 0 Å². The molecule has 2 aromatic carbocycles. The number of hydrogen-bond donors (Lipinski definition) is 1. The maximum absolute atomic E-state index is 14.0. The Hall–Kier alpha value is -3.07. The van der Waals surface area contributed by atoms with Gasteiger partial charge in [0, 0.05) is 30.6 Å². The number of anilines is 1. The van der Waals surface area contributed by atoms with Crippen LogP contribution in [0.15, 0.2) is 42.5 Å². The van der Waals surface area contributed by atoms with E-state index in [-0.39, 0.29) is 17.5 Å². The van der Waals surface area contributed by atoms with E-state index in [0.717, 1.165) is 23.9 Å². The van der Waals surface area contributed by atoms with Crippen LogP contribution in [0.1, 0.15) is 23.8 Å². The third-order valence-electron chi connectivity index (χ3n) is 5.08. The lowest BCUT2D eigenvalue weighted by Crippen LogP contribution is -2.40. The van der Waals surface area contributed by atoms with Gasteiger partial charge < -0.3 is 15.0 Å². The van der Waals surface area contributed by atoms with Crippen molar-refractivity contribution in [3.8, 4) is 16.3 Å². The largest absolute Gasteiger partial charge is 0.495 e. The molecule has 1 aliphatic heterocycles. The number of piperidine rings is 1. The summed E-state index contributed by atoms with van der Waals surface area (Å²) in [6, 6.07) is 10.5. The Morgan fingerprint density at radius 2 is 1.93 bits per heavy atom. The van der Waals surface area contributed by atoms with Crippen LogP contribution in [0.5, 0.6) is 5.75 Å². The average molecular weight is 430 g/mol. The van der Waals surface area contributed by atoms with Crippen LogP contribution >= 0.6 is 11.3 Å². The number of nitrogens with one attached hydrogen (secondary N) is 1. The van der Waals surface area contributed by atoms with Crippen LogP contribution in [0.4, 0.5) is 19.3 Å². The van der Waals surface area contributed by atoms with Crippen molar-refractivity contribution >= 4 is 23.1 Å². The van der Waals surface area contributed by atoms with Gasteiger partial charge in [0.15, 0.2) is 5.01 Å². The van der Waals surface area contributed by atoms with E-state index in [9.17, 15) is 13.6 Å². The Bertz CT molecular complexity index is 1050. The molecule has 30 heavy (non-hydrogen) atoms. The molecule has 6 nitrogen and oxygen atoms in total. The summed E-state index contributed by atoms with van der Waals surface area (Å²) in [5.74, 6) is -0.523. The highest BCUT2D eigenvalue weighted by molar-refractivity contribution is 7.14. The van der Waals surface area contributed by atoms with Crippen molar-refractivity contribution in [2.45, 2.75) is 18.8 Å². The van der Waals surface area contributed by atoms with E-state index in [0.29, 0.717) is 29.5 Å². The van der Waals surface area contributed by atoms with Gasteiger partial charge in [0.05, 0.1) is 12.8 Å². The van der Waals surface area contributed by atoms with Crippen LogP contribution in [0.25, 0.3) is 10.6 Å². The topological polar surface area (TPSA) is 67.3 Å². The lowest BCUT2D eigenvalue weighted by Gasteiger charge is -2.31. The van der Waals surface area contributed by atoms with Crippen molar-refractivity contribution in [2.75, 3.05) is 25.5 Å². The minimum Gasteiger partial charge on any atom is -0.495 e. The molecule has 0 radical (unpaired) electrons. The van der Waals surface area contributed by atoms with Crippen molar-refractivity contribution in [3.63, 3.8) is 0 Å². The van der Waals surface area contributed by atoms with Crippen molar-refractivity contribution < 1.29 is 18.3 Å². The molecule has 3 aromatic rings. The average Bonchev–Trinajstić information content (AvgIpc) is 3.24. The predicted octanol–water partition coefficient (Wildman–Crippen LogP) is 4.90. The van der Waals surface area contributed by atoms with Crippen LogP contribution in [0.2, 0.25) is 0 Å². The molecule has 1 fully saturated rings. The van der Waals surface area contributed by atoms with Gasteiger partial charge >= 0.3 is 6.03 Å². The number of carbonyl (C=O) groups excluding carboxylic acids is 1. The number of benzene rings is 2. The summed E-state index contributed by atoms with van der Waals surface area (Å²) >= 11 is 1.31. The number of amides is 2. The maximum Gasteiger partial charge on any atom is 0.321 e. The molecule has 1 aromatic heterocycles. The summed E-state index contributed by atoms with van der Waals surface area (Å²) in [4.78, 5) is 14.3. The molecule has 0 unspecified atom stereocenters. The summed E-state index contributed by atoms with van der Waals surface area (Å²) in [7, 11) is 1.56. The number of nitrogens with zero attached hydrogens (tertiary/aromatic N) is 3. The number of urea groups is 1. The first kappa shape index (κ1) is 20.2. The quantitative estimate of drug-likeness (QED) is 0.639. The van der Waals surface area contributed by atoms with Gasteiger partial charge in [0.25, 0.3) is 0 Å². The molecule has 0 spiro atoms. The van der Waals surface area contributed by atoms with Gasteiger partial charge in [-0.15, -0.1) is 10.2 Å². The molecule has 0 saturated carbocycles. The minimum absolute atomic E-state index is 0.148. The number of hydrogen-bond acceptors (Lipinski definition) is 5. The standard InChI is InChI=1S/C21H20F2N4O2S/c1-29-18-5-3-2-4-17(18)24-21(28)27-10-8-13(9-11-27)19-25-26-20(30-19)15-7-6-14(22)12-16(15)23/h2-7,12-13H,8-11H2,1H3,(H,24,28). The molecular formula is C21H20F2N4O2S. The molecule has 1 saturated heterocycles. The zero-order valence-corrected chi connectivity index (χ0v) is 17.1. The predicted molar refractivity (Wildman–Crippen MR) is 111 cm³/mol. The fraction of sp³-hybridized carbons (Fsp3) is 0.286. The zero-order chi connectivity index (χ0) is 21.1. The second-order valence-electron chi connectivity index (χ2n) is 6.96. The molecule has 2 amide bonds. The monoisotopic (exact) mass is 430 g/mol. The summed E-state index contributed by atoms with van der Waals surface area (Å²) < 4.78 is 32.4. The van der Waals surface area contributed by atoms with Crippen LogP contribution in [0, 0.1) is 11.6 Å². The van der Waals surface area contributed by atoms with Gasteiger partial charge in [-0.3, -0.25) is 0 Å². The Morgan fingerprint density at radius 3 is 2.67 bits per heavy atom. The molecule has 4 rings (SSSR count). The number of aromatic nitrogens is 2. The van der Waals surface area contributed by atoms with Gasteiger partial charge in [-0.1, -0.05) is 23.5 Å². The first-order chi connectivity index (χ1) is 14.5. The van der Waals surface area contributed by atoms with E-state index in [4.69, 9.17) is 4.74 Å². The number of methoxy groups -OCH3 is 1. The van der Waals surface area contributed by atoms with Crippen molar-refractivity contribution in [1.82, 2.24) is 15.1 Å². The first-order valence-electron chi connectivity index (χ1n) is 9.53. The van der Waals surface area contributed by atoms with Gasteiger partial charge in [-0.05, 0) is 37.1 Å². The number of halogens is 2. The molecule has 0 atom stereocenters. The van der Waals surface area contributed by atoms with Gasteiger partial charge in [0.2, 0.25) is 0 Å². The molecule has 1 N–H and O–H groups in total. The van der Waals surface area contributed by atoms with Crippen molar-refractivity contribution in [3.05, 3.63) is 59.1 Å². The molecule has 156 valence electrons. The second kappa shape index (κ2) is 8.74. The highest BCUT2D eigenvalue weighted by atomic mass is 32.1. The maximum atomic E-state index is 14.0. The Balaban J connectivity index is 1.38. The second-order valence-corrected chi connectivity index (χ2v) is 7.97. The smallest absolute Gasteiger partial charge is 0.321 e. The minimum atomic E-state index is -0.652. The van der Waals surface area contributed by atoms with Crippen molar-refractivity contribution in [2.24, 2.45) is 0 Å². The van der Waals surface area contributed by atoms with E-state index in [1.54, 1.807) is 24.1 Å². The van der Waals surface area contributed by atoms with Crippen LogP contribution in [-0.4, -0.2) is 41.3 Å². The number of ether oxygens (including phenoxy) is 1. The molecule has 0 bridgehead atoms. The normalized spacial score (nSPS) is 14.6. The lowest BCUT2D eigenvalue weighted by molar-refractivity contribution is 0.194. The Kier molecular flexibility index (Phi) is 5.89. The Labute approximate surface area is 176 Å². The van der Waals surface area contributed by atoms with E-state index >= 15 is 0 Å². The van der Waals surface area contributed by atoms with E-state index in [1.807, 2.05) is 12.1 Å². The highest BCUT2D eigenvalue weighted by Crippen LogP contribution is 2.34. The highest BCUT2D eigenvalue weighted by Gasteiger charge is 2.27. The number of likely N-dealkylation sites (tertiary alicyclic amines) is 1. The van der Waals surface area contributed by atoms with Gasteiger partial charge in [-0.25, -0.2) is 13.6 Å². The van der Waals surface area contributed by atoms with Crippen LogP contribution in [-0.2, 0) is 0 Å². The summed E-state index contributed by atoms with van der Waals surface area (Å²) in [6.45, 7) is 1.15. The summed E-state index contributed by atoms with van der Waals surface area (Å²) in [6.07, 6.45) is 1.47. The Morgan fingerprint density at radius 1 is 1.17 bits per heavy atom. The zero-order valence-electron chi connectivity index (χ0n) is 16.3. The third-order valence-corrected chi connectivity index (χ3v) is 6.20. The van der Waals surface area contributed by atoms with Crippen LogP contribution < -0.4 is 10.1 Å². The number of carbonyl (C=O) groups is 1. The van der Waals surface area contributed by atoms with Crippen LogP contribution in [0.3, 0.4) is 0 Å². The molecule has 0 aliphatic carbocycles. The number of rotatable bonds is 4. The molecular weight excluding hydrogens is 410 g/mol. The summed E-state index contributed by atoms with van der Waals surface area (Å²) in [5, 5.41) is 12.4. The molecule has 1 aliphatic rings. The fourth-order valence-corrected chi connectivity index (χ4v) is 4.48. The summed E-state index contributed by atoms with van der Waals surface area (Å²) in [5.41, 5.74) is 0.871. The number of para-hydroxylation sites is 2. The molecule has 9 heteroatoms. The van der Waals surface area contributed by atoms with Gasteiger partial charge in [0.1, 0.15) is 22.4 Å². The lowest BCUT2D eigenvalue weighted by atomic mass is 9.98.